The molecular weight excluding hydrogens is 376 g/mol. The Hall–Kier alpha value is -3.37. The highest BCUT2D eigenvalue weighted by atomic mass is 35.5. The van der Waals surface area contributed by atoms with Crippen LogP contribution in [0.25, 0.3) is 6.08 Å². The lowest BCUT2D eigenvalue weighted by molar-refractivity contribution is 0.0731. The van der Waals surface area contributed by atoms with E-state index in [1.165, 1.54) is 13.2 Å². The number of benzene rings is 3. The van der Waals surface area contributed by atoms with Crippen molar-refractivity contribution in [2.45, 2.75) is 0 Å². The predicted octanol–water partition coefficient (Wildman–Crippen LogP) is 5.46. The third kappa shape index (κ3) is 4.87. The molecule has 0 aliphatic carbocycles. The molecule has 3 aromatic rings. The first-order valence-electron chi connectivity index (χ1n) is 8.50. The number of rotatable bonds is 6. The molecule has 0 radical (unpaired) electrons. The maximum atomic E-state index is 12.3. The van der Waals surface area contributed by atoms with E-state index in [0.717, 1.165) is 5.56 Å². The summed E-state index contributed by atoms with van der Waals surface area (Å²) in [5, 5.41) is 0.640. The molecule has 5 heteroatoms. The van der Waals surface area contributed by atoms with E-state index >= 15 is 0 Å². The topological polar surface area (TPSA) is 52.6 Å². The van der Waals surface area contributed by atoms with Crippen LogP contribution in [0.2, 0.25) is 5.02 Å². The molecule has 0 unspecified atom stereocenters. The van der Waals surface area contributed by atoms with Crippen molar-refractivity contribution in [1.29, 1.82) is 0 Å². The summed E-state index contributed by atoms with van der Waals surface area (Å²) < 4.78 is 10.5. The number of hydrogen-bond acceptors (Lipinski definition) is 4. The minimum atomic E-state index is -0.529. The maximum Gasteiger partial charge on any atom is 0.347 e. The standard InChI is InChI=1S/C23H17ClO4/c1-27-22-5-3-2-4-20(22)23(26)28-19-13-9-17(10-14-19)21(25)15-8-16-6-11-18(24)12-7-16/h2-15H,1H3/b15-8+. The van der Waals surface area contributed by atoms with E-state index in [9.17, 15) is 9.59 Å². The van der Waals surface area contributed by atoms with Gasteiger partial charge in [0.05, 0.1) is 7.11 Å². The molecule has 0 fully saturated rings. The molecule has 0 N–H and O–H groups in total. The van der Waals surface area contributed by atoms with Crippen LogP contribution < -0.4 is 9.47 Å². The number of hydrogen-bond donors (Lipinski definition) is 0. The van der Waals surface area contributed by atoms with Gasteiger partial charge in [0.2, 0.25) is 0 Å². The Morgan fingerprint density at radius 3 is 2.25 bits per heavy atom. The molecule has 140 valence electrons. The normalized spacial score (nSPS) is 10.6. The van der Waals surface area contributed by atoms with E-state index < -0.39 is 5.97 Å². The number of allylic oxidation sites excluding steroid dienone is 1. The zero-order valence-electron chi connectivity index (χ0n) is 15.1. The van der Waals surface area contributed by atoms with Gasteiger partial charge in [-0.05, 0) is 60.2 Å². The lowest BCUT2D eigenvalue weighted by atomic mass is 10.1. The van der Waals surface area contributed by atoms with Gasteiger partial charge in [0, 0.05) is 10.6 Å². The summed E-state index contributed by atoms with van der Waals surface area (Å²) in [6, 6.07) is 20.4. The molecule has 0 aliphatic heterocycles. The highest BCUT2D eigenvalue weighted by Crippen LogP contribution is 2.21. The first-order valence-corrected chi connectivity index (χ1v) is 8.88. The lowest BCUT2D eigenvalue weighted by Gasteiger charge is -2.08. The van der Waals surface area contributed by atoms with E-state index in [-0.39, 0.29) is 5.78 Å². The highest BCUT2D eigenvalue weighted by Gasteiger charge is 2.14. The second-order valence-corrected chi connectivity index (χ2v) is 6.30. The largest absolute Gasteiger partial charge is 0.496 e. The van der Waals surface area contributed by atoms with Crippen molar-refractivity contribution >= 4 is 29.4 Å². The van der Waals surface area contributed by atoms with Crippen molar-refractivity contribution in [3.63, 3.8) is 0 Å². The SMILES string of the molecule is COc1ccccc1C(=O)Oc1ccc(C(=O)/C=C/c2ccc(Cl)cc2)cc1. The summed E-state index contributed by atoms with van der Waals surface area (Å²) in [6.07, 6.45) is 3.20. The van der Waals surface area contributed by atoms with Crippen molar-refractivity contribution in [3.05, 3.63) is 101 Å². The molecule has 0 amide bonds. The quantitative estimate of drug-likeness (QED) is 0.242. The molecule has 0 aromatic heterocycles. The summed E-state index contributed by atoms with van der Waals surface area (Å²) in [4.78, 5) is 24.6. The zero-order chi connectivity index (χ0) is 19.9. The fourth-order valence-corrected chi connectivity index (χ4v) is 2.63. The second kappa shape index (κ2) is 9.02. The van der Waals surface area contributed by atoms with Gasteiger partial charge < -0.3 is 9.47 Å². The van der Waals surface area contributed by atoms with Gasteiger partial charge >= 0.3 is 5.97 Å². The number of ketones is 1. The average molecular weight is 393 g/mol. The van der Waals surface area contributed by atoms with Crippen molar-refractivity contribution in [2.24, 2.45) is 0 Å². The van der Waals surface area contributed by atoms with Gasteiger partial charge in [-0.3, -0.25) is 4.79 Å². The molecule has 0 heterocycles. The van der Waals surface area contributed by atoms with E-state index in [4.69, 9.17) is 21.1 Å². The Morgan fingerprint density at radius 1 is 0.893 bits per heavy atom. The minimum absolute atomic E-state index is 0.155. The molecule has 0 spiro atoms. The van der Waals surface area contributed by atoms with Crippen LogP contribution in [-0.2, 0) is 0 Å². The van der Waals surface area contributed by atoms with Crippen molar-refractivity contribution in [1.82, 2.24) is 0 Å². The molecule has 0 saturated heterocycles. The monoisotopic (exact) mass is 392 g/mol. The van der Waals surface area contributed by atoms with Crippen molar-refractivity contribution in [2.75, 3.05) is 7.11 Å². The van der Waals surface area contributed by atoms with Crippen LogP contribution >= 0.6 is 11.6 Å². The van der Waals surface area contributed by atoms with E-state index in [0.29, 0.717) is 27.6 Å². The first kappa shape index (κ1) is 19.4. The predicted molar refractivity (Wildman–Crippen MR) is 109 cm³/mol. The Kier molecular flexibility index (Phi) is 6.25. The van der Waals surface area contributed by atoms with Crippen LogP contribution in [0.5, 0.6) is 11.5 Å². The molecule has 3 rings (SSSR count). The average Bonchev–Trinajstić information content (AvgIpc) is 2.73. The van der Waals surface area contributed by atoms with E-state index in [1.54, 1.807) is 66.7 Å². The third-order valence-electron chi connectivity index (χ3n) is 3.97. The number of halogens is 1. The summed E-state index contributed by atoms with van der Waals surface area (Å²) in [6.45, 7) is 0. The minimum Gasteiger partial charge on any atom is -0.496 e. The smallest absolute Gasteiger partial charge is 0.347 e. The van der Waals surface area contributed by atoms with E-state index in [2.05, 4.69) is 0 Å². The molecule has 3 aromatic carbocycles. The van der Waals surface area contributed by atoms with Gasteiger partial charge in [-0.2, -0.15) is 0 Å². The Morgan fingerprint density at radius 2 is 1.57 bits per heavy atom. The summed E-state index contributed by atoms with van der Waals surface area (Å²) in [7, 11) is 1.49. The second-order valence-electron chi connectivity index (χ2n) is 5.86. The van der Waals surface area contributed by atoms with E-state index in [1.807, 2.05) is 12.1 Å². The van der Waals surface area contributed by atoms with Crippen LogP contribution in [0, 0.1) is 0 Å². The third-order valence-corrected chi connectivity index (χ3v) is 4.23. The molecule has 4 nitrogen and oxygen atoms in total. The van der Waals surface area contributed by atoms with Gasteiger partial charge in [0.15, 0.2) is 5.78 Å². The molecular formula is C23H17ClO4. The Balaban J connectivity index is 1.66. The number of esters is 1. The van der Waals surface area contributed by atoms with Gasteiger partial charge in [0.1, 0.15) is 17.1 Å². The van der Waals surface area contributed by atoms with Crippen LogP contribution in [-0.4, -0.2) is 18.9 Å². The molecule has 0 aliphatic rings. The van der Waals surface area contributed by atoms with Crippen molar-refractivity contribution < 1.29 is 19.1 Å². The number of methoxy groups -OCH3 is 1. The van der Waals surface area contributed by atoms with Crippen molar-refractivity contribution in [3.8, 4) is 11.5 Å². The Bertz CT molecular complexity index is 1010. The van der Waals surface area contributed by atoms with Crippen LogP contribution in [0.4, 0.5) is 0 Å². The number of ether oxygens (including phenoxy) is 2. The number of carbonyl (C=O) groups is 2. The van der Waals surface area contributed by atoms with Gasteiger partial charge in [-0.1, -0.05) is 41.9 Å². The van der Waals surface area contributed by atoms with Gasteiger partial charge in [-0.25, -0.2) is 4.79 Å². The van der Waals surface area contributed by atoms with Crippen LogP contribution in [0.1, 0.15) is 26.3 Å². The maximum absolute atomic E-state index is 12.3. The van der Waals surface area contributed by atoms with Crippen LogP contribution in [0.3, 0.4) is 0 Å². The lowest BCUT2D eigenvalue weighted by Crippen LogP contribution is -2.10. The molecule has 0 bridgehead atoms. The first-order chi connectivity index (χ1) is 13.6. The molecule has 0 saturated carbocycles. The van der Waals surface area contributed by atoms with Gasteiger partial charge in [0.25, 0.3) is 0 Å². The van der Waals surface area contributed by atoms with Crippen LogP contribution in [0.15, 0.2) is 78.9 Å². The van der Waals surface area contributed by atoms with Gasteiger partial charge in [-0.15, -0.1) is 0 Å². The molecule has 28 heavy (non-hydrogen) atoms. The fourth-order valence-electron chi connectivity index (χ4n) is 2.50. The Labute approximate surface area is 168 Å². The number of para-hydroxylation sites is 1. The summed E-state index contributed by atoms with van der Waals surface area (Å²) >= 11 is 5.84. The highest BCUT2D eigenvalue weighted by molar-refractivity contribution is 6.30. The number of carbonyl (C=O) groups excluding carboxylic acids is 2. The summed E-state index contributed by atoms with van der Waals surface area (Å²) in [5.74, 6) is 0.0949. The summed E-state index contributed by atoms with van der Waals surface area (Å²) in [5.41, 5.74) is 1.69. The molecule has 0 atom stereocenters. The zero-order valence-corrected chi connectivity index (χ0v) is 15.8. The fraction of sp³-hybridized carbons (Fsp3) is 0.0435.